The normalized spacial score (nSPS) is 19.1. The molecule has 1 fully saturated rings. The second-order valence-electron chi connectivity index (χ2n) is 4.61. The lowest BCUT2D eigenvalue weighted by molar-refractivity contribution is 0.171. The molecule has 1 aromatic heterocycles. The lowest BCUT2D eigenvalue weighted by Crippen LogP contribution is -2.45. The summed E-state index contributed by atoms with van der Waals surface area (Å²) in [6, 6.07) is -0.269. The van der Waals surface area contributed by atoms with Crippen molar-refractivity contribution in [3.63, 3.8) is 0 Å². The van der Waals surface area contributed by atoms with Gasteiger partial charge in [-0.1, -0.05) is 12.1 Å². The predicted molar refractivity (Wildman–Crippen MR) is 61.1 cm³/mol. The van der Waals surface area contributed by atoms with Crippen LogP contribution in [0.25, 0.3) is 0 Å². The molecule has 0 bridgehead atoms. The van der Waals surface area contributed by atoms with Gasteiger partial charge in [-0.05, 0) is 25.7 Å². The number of urea groups is 1. The van der Waals surface area contributed by atoms with Crippen molar-refractivity contribution in [2.45, 2.75) is 32.7 Å². The molecule has 17 heavy (non-hydrogen) atoms. The molecule has 1 aromatic rings. The maximum Gasteiger partial charge on any atom is 0.317 e. The zero-order valence-corrected chi connectivity index (χ0v) is 10.2. The number of tetrazole rings is 1. The molecular weight excluding hydrogens is 220 g/mol. The quantitative estimate of drug-likeness (QED) is 0.794. The SMILES string of the molecule is CC1CCN(C(=O)NC(C)c2nn[nH]n2)CC1. The fraction of sp³-hybridized carbons (Fsp3) is 0.800. The summed E-state index contributed by atoms with van der Waals surface area (Å²) in [5.41, 5.74) is 0. The van der Waals surface area contributed by atoms with Crippen molar-refractivity contribution in [1.82, 2.24) is 30.8 Å². The molecule has 0 radical (unpaired) electrons. The Labute approximate surface area is 100.0 Å². The Bertz CT molecular complexity index is 357. The molecule has 2 N–H and O–H groups in total. The Kier molecular flexibility index (Phi) is 3.55. The van der Waals surface area contributed by atoms with E-state index in [1.807, 2.05) is 11.8 Å². The van der Waals surface area contributed by atoms with E-state index in [0.717, 1.165) is 25.9 Å². The minimum absolute atomic E-state index is 0.0470. The molecule has 2 amide bonds. The van der Waals surface area contributed by atoms with Gasteiger partial charge in [0.05, 0.1) is 6.04 Å². The third kappa shape index (κ3) is 2.92. The molecule has 1 aliphatic heterocycles. The average molecular weight is 238 g/mol. The van der Waals surface area contributed by atoms with Crippen molar-refractivity contribution in [3.8, 4) is 0 Å². The minimum atomic E-state index is -0.222. The van der Waals surface area contributed by atoms with Gasteiger partial charge in [-0.25, -0.2) is 4.79 Å². The Morgan fingerprint density at radius 1 is 1.53 bits per heavy atom. The summed E-state index contributed by atoms with van der Waals surface area (Å²) in [5, 5.41) is 16.4. The van der Waals surface area contributed by atoms with Crippen LogP contribution in [0.15, 0.2) is 0 Å². The summed E-state index contributed by atoms with van der Waals surface area (Å²) in [6.45, 7) is 5.71. The zero-order chi connectivity index (χ0) is 12.3. The van der Waals surface area contributed by atoms with E-state index in [0.29, 0.717) is 11.7 Å². The maximum atomic E-state index is 11.9. The molecule has 0 aliphatic carbocycles. The number of hydrogen-bond acceptors (Lipinski definition) is 4. The van der Waals surface area contributed by atoms with Crippen LogP contribution in [0.5, 0.6) is 0 Å². The average Bonchev–Trinajstić information content (AvgIpc) is 2.83. The van der Waals surface area contributed by atoms with E-state index in [1.54, 1.807) is 0 Å². The molecule has 1 saturated heterocycles. The summed E-state index contributed by atoms with van der Waals surface area (Å²) in [7, 11) is 0. The lowest BCUT2D eigenvalue weighted by Gasteiger charge is -2.31. The van der Waals surface area contributed by atoms with Crippen LogP contribution in [0.1, 0.15) is 38.6 Å². The van der Waals surface area contributed by atoms with E-state index < -0.39 is 0 Å². The minimum Gasteiger partial charge on any atom is -0.328 e. The first-order chi connectivity index (χ1) is 8.16. The fourth-order valence-corrected chi connectivity index (χ4v) is 1.91. The molecule has 2 heterocycles. The van der Waals surface area contributed by atoms with E-state index >= 15 is 0 Å². The van der Waals surface area contributed by atoms with Gasteiger partial charge in [0.15, 0.2) is 5.82 Å². The lowest BCUT2D eigenvalue weighted by atomic mass is 10.00. The topological polar surface area (TPSA) is 86.8 Å². The van der Waals surface area contributed by atoms with Crippen LogP contribution in [0.2, 0.25) is 0 Å². The second kappa shape index (κ2) is 5.11. The van der Waals surface area contributed by atoms with Gasteiger partial charge < -0.3 is 10.2 Å². The van der Waals surface area contributed by atoms with Gasteiger partial charge in [0.25, 0.3) is 0 Å². The van der Waals surface area contributed by atoms with Gasteiger partial charge in [-0.2, -0.15) is 5.21 Å². The number of amides is 2. The van der Waals surface area contributed by atoms with E-state index in [1.165, 1.54) is 0 Å². The van der Waals surface area contributed by atoms with Crippen LogP contribution < -0.4 is 5.32 Å². The number of carbonyl (C=O) groups excluding carboxylic acids is 1. The first kappa shape index (κ1) is 11.8. The van der Waals surface area contributed by atoms with E-state index in [-0.39, 0.29) is 12.1 Å². The van der Waals surface area contributed by atoms with Gasteiger partial charge in [0.2, 0.25) is 0 Å². The summed E-state index contributed by atoms with van der Waals surface area (Å²) in [4.78, 5) is 13.8. The number of carbonyl (C=O) groups is 1. The Balaban J connectivity index is 1.85. The molecule has 0 aromatic carbocycles. The molecule has 2 rings (SSSR count). The zero-order valence-electron chi connectivity index (χ0n) is 10.2. The summed E-state index contributed by atoms with van der Waals surface area (Å²) in [5.74, 6) is 1.22. The standard InChI is InChI=1S/C10H18N6O/c1-7-3-5-16(6-4-7)10(17)11-8(2)9-12-14-15-13-9/h7-8H,3-6H2,1-2H3,(H,11,17)(H,12,13,14,15). The monoisotopic (exact) mass is 238 g/mol. The van der Waals surface area contributed by atoms with Crippen LogP contribution in [0.4, 0.5) is 4.79 Å². The Morgan fingerprint density at radius 3 is 2.82 bits per heavy atom. The number of aromatic amines is 1. The van der Waals surface area contributed by atoms with E-state index in [2.05, 4.69) is 32.9 Å². The van der Waals surface area contributed by atoms with Crippen molar-refractivity contribution in [2.75, 3.05) is 13.1 Å². The van der Waals surface area contributed by atoms with Crippen molar-refractivity contribution >= 4 is 6.03 Å². The highest BCUT2D eigenvalue weighted by Gasteiger charge is 2.22. The molecule has 1 aliphatic rings. The molecule has 7 heteroatoms. The number of nitrogens with zero attached hydrogens (tertiary/aromatic N) is 4. The molecule has 1 atom stereocenters. The highest BCUT2D eigenvalue weighted by molar-refractivity contribution is 5.74. The molecular formula is C10H18N6O. The molecule has 0 spiro atoms. The van der Waals surface area contributed by atoms with Gasteiger partial charge in [0.1, 0.15) is 0 Å². The van der Waals surface area contributed by atoms with Gasteiger partial charge in [-0.3, -0.25) is 0 Å². The van der Waals surface area contributed by atoms with Crippen molar-refractivity contribution < 1.29 is 4.79 Å². The van der Waals surface area contributed by atoms with Crippen molar-refractivity contribution in [1.29, 1.82) is 0 Å². The highest BCUT2D eigenvalue weighted by Crippen LogP contribution is 2.16. The van der Waals surface area contributed by atoms with Crippen LogP contribution in [-0.4, -0.2) is 44.6 Å². The second-order valence-corrected chi connectivity index (χ2v) is 4.61. The Morgan fingerprint density at radius 2 is 2.24 bits per heavy atom. The van der Waals surface area contributed by atoms with Crippen LogP contribution in [0, 0.1) is 5.92 Å². The largest absolute Gasteiger partial charge is 0.328 e. The molecule has 94 valence electrons. The summed E-state index contributed by atoms with van der Waals surface area (Å²) >= 11 is 0. The number of rotatable bonds is 2. The number of hydrogen-bond donors (Lipinski definition) is 2. The number of H-pyrrole nitrogens is 1. The van der Waals surface area contributed by atoms with Crippen LogP contribution >= 0.6 is 0 Å². The number of likely N-dealkylation sites (tertiary alicyclic amines) is 1. The van der Waals surface area contributed by atoms with Crippen LogP contribution in [0.3, 0.4) is 0 Å². The van der Waals surface area contributed by atoms with Crippen molar-refractivity contribution in [2.24, 2.45) is 5.92 Å². The number of aromatic nitrogens is 4. The fourth-order valence-electron chi connectivity index (χ4n) is 1.91. The Hall–Kier alpha value is -1.66. The summed E-state index contributed by atoms with van der Waals surface area (Å²) < 4.78 is 0. The predicted octanol–water partition coefficient (Wildman–Crippen LogP) is 0.702. The third-order valence-corrected chi connectivity index (χ3v) is 3.16. The van der Waals surface area contributed by atoms with Gasteiger partial charge >= 0.3 is 6.03 Å². The first-order valence-electron chi connectivity index (χ1n) is 5.95. The molecule has 1 unspecified atom stereocenters. The maximum absolute atomic E-state index is 11.9. The smallest absolute Gasteiger partial charge is 0.317 e. The number of piperidine rings is 1. The first-order valence-corrected chi connectivity index (χ1v) is 5.95. The highest BCUT2D eigenvalue weighted by atomic mass is 16.2. The van der Waals surface area contributed by atoms with Gasteiger partial charge in [-0.15, -0.1) is 10.2 Å². The van der Waals surface area contributed by atoms with Crippen LogP contribution in [-0.2, 0) is 0 Å². The molecule has 7 nitrogen and oxygen atoms in total. The van der Waals surface area contributed by atoms with E-state index in [9.17, 15) is 4.79 Å². The van der Waals surface area contributed by atoms with E-state index in [4.69, 9.17) is 0 Å². The number of nitrogens with one attached hydrogen (secondary N) is 2. The van der Waals surface area contributed by atoms with Gasteiger partial charge in [0, 0.05) is 13.1 Å². The van der Waals surface area contributed by atoms with Crippen molar-refractivity contribution in [3.05, 3.63) is 5.82 Å². The molecule has 0 saturated carbocycles. The summed E-state index contributed by atoms with van der Waals surface area (Å²) in [6.07, 6.45) is 2.15. The third-order valence-electron chi connectivity index (χ3n) is 3.16.